The molecule has 4 saturated heterocycles. The number of hydrogen-bond donors (Lipinski definition) is 15. The van der Waals surface area contributed by atoms with Crippen molar-refractivity contribution in [2.75, 3.05) is 19.8 Å². The molecule has 4 aliphatic carbocycles. The maximum absolute atomic E-state index is 12.9. The third-order valence-electron chi connectivity index (χ3n) is 20.8. The van der Waals surface area contributed by atoms with E-state index in [2.05, 4.69) is 26.8 Å². The van der Waals surface area contributed by atoms with Crippen LogP contribution in [0.3, 0.4) is 0 Å². The molecule has 0 radical (unpaired) electrons. The quantitative estimate of drug-likeness (QED) is 0.0611. The Morgan fingerprint density at radius 1 is 0.584 bits per heavy atom. The minimum Gasteiger partial charge on any atom is -0.394 e. The Balaban J connectivity index is 1.12. The third kappa shape index (κ3) is 10.7. The van der Waals surface area contributed by atoms with Gasteiger partial charge in [0.15, 0.2) is 25.2 Å². The number of allylic oxidation sites excluding steroid dienone is 2. The van der Waals surface area contributed by atoms with E-state index < -0.39 is 206 Å². The number of ether oxygens (including phenoxy) is 8. The highest BCUT2D eigenvalue weighted by Gasteiger charge is 2.74. The second kappa shape index (κ2) is 23.1. The molecule has 8 aliphatic rings. The topological polar surface area (TPSA) is 377 Å². The Morgan fingerprint density at radius 2 is 1.12 bits per heavy atom. The fourth-order valence-corrected chi connectivity index (χ4v) is 16.4. The maximum Gasteiger partial charge on any atom is 0.187 e. The molecule has 4 aliphatic heterocycles. The first-order valence-electron chi connectivity index (χ1n) is 27.8. The van der Waals surface area contributed by atoms with Crippen LogP contribution in [0.4, 0.5) is 0 Å². The van der Waals surface area contributed by atoms with E-state index in [0.717, 1.165) is 5.57 Å². The van der Waals surface area contributed by atoms with Gasteiger partial charge >= 0.3 is 0 Å². The fourth-order valence-electron chi connectivity index (χ4n) is 16.4. The van der Waals surface area contributed by atoms with Crippen LogP contribution in [-0.4, -0.2) is 243 Å². The fraction of sp³-hybridized carbons (Fsp3) is 0.963. The van der Waals surface area contributed by atoms with Crippen molar-refractivity contribution >= 4 is 0 Å². The van der Waals surface area contributed by atoms with Crippen molar-refractivity contribution < 1.29 is 114 Å². The van der Waals surface area contributed by atoms with Crippen molar-refractivity contribution in [2.45, 2.75) is 260 Å². The largest absolute Gasteiger partial charge is 0.394 e. The van der Waals surface area contributed by atoms with Crippen molar-refractivity contribution in [3.8, 4) is 0 Å². The van der Waals surface area contributed by atoms with Gasteiger partial charge in [0.25, 0.3) is 0 Å². The van der Waals surface area contributed by atoms with Crippen LogP contribution in [0, 0.1) is 45.3 Å². The first-order valence-corrected chi connectivity index (χ1v) is 27.8. The minimum atomic E-state index is -1.85. The average Bonchev–Trinajstić information content (AvgIpc) is 3.98. The van der Waals surface area contributed by atoms with Gasteiger partial charge in [-0.2, -0.15) is 0 Å². The van der Waals surface area contributed by atoms with E-state index in [0.29, 0.717) is 51.4 Å². The summed E-state index contributed by atoms with van der Waals surface area (Å²) in [7, 11) is 0. The molecule has 8 rings (SSSR count). The molecule has 0 aromatic heterocycles. The highest BCUT2D eigenvalue weighted by Crippen LogP contribution is 2.76. The molecule has 77 heavy (non-hydrogen) atoms. The molecule has 4 heterocycles. The van der Waals surface area contributed by atoms with Crippen molar-refractivity contribution in [1.82, 2.24) is 0 Å². The summed E-state index contributed by atoms with van der Waals surface area (Å²) in [5.74, 6) is -1.45. The van der Waals surface area contributed by atoms with Gasteiger partial charge in [-0.25, -0.2) is 0 Å². The van der Waals surface area contributed by atoms with Crippen LogP contribution in [0.2, 0.25) is 0 Å². The molecule has 4 saturated carbocycles. The van der Waals surface area contributed by atoms with Gasteiger partial charge in [0.05, 0.1) is 49.8 Å². The third-order valence-corrected chi connectivity index (χ3v) is 20.8. The number of fused-ring (bicyclic) bond motifs is 5. The zero-order valence-electron chi connectivity index (χ0n) is 45.9. The van der Waals surface area contributed by atoms with Crippen LogP contribution in [-0.2, 0) is 37.9 Å². The van der Waals surface area contributed by atoms with Gasteiger partial charge < -0.3 is 114 Å². The van der Waals surface area contributed by atoms with Gasteiger partial charge in [0.1, 0.15) is 91.6 Å². The summed E-state index contributed by atoms with van der Waals surface area (Å²) >= 11 is 0. The van der Waals surface area contributed by atoms with Gasteiger partial charge in [-0.15, -0.1) is 0 Å². The predicted octanol–water partition coefficient (Wildman–Crippen LogP) is -2.20. The molecular weight excluding hydrogens is 1020 g/mol. The molecular formula is C54H92O23. The van der Waals surface area contributed by atoms with Gasteiger partial charge in [0.2, 0.25) is 0 Å². The Bertz CT molecular complexity index is 2010. The smallest absolute Gasteiger partial charge is 0.187 e. The first-order chi connectivity index (χ1) is 36.0. The maximum atomic E-state index is 12.9. The van der Waals surface area contributed by atoms with E-state index >= 15 is 0 Å². The zero-order chi connectivity index (χ0) is 56.8. The van der Waals surface area contributed by atoms with Crippen LogP contribution in [0.5, 0.6) is 0 Å². The normalized spacial score (nSPS) is 53.6. The van der Waals surface area contributed by atoms with E-state index in [4.69, 9.17) is 37.9 Å². The molecule has 15 N–H and O–H groups in total. The minimum absolute atomic E-state index is 0.152. The van der Waals surface area contributed by atoms with E-state index in [1.54, 1.807) is 0 Å². The van der Waals surface area contributed by atoms with Crippen LogP contribution >= 0.6 is 0 Å². The Morgan fingerprint density at radius 3 is 1.73 bits per heavy atom. The van der Waals surface area contributed by atoms with E-state index in [1.807, 2.05) is 34.6 Å². The molecule has 446 valence electrons. The zero-order valence-corrected chi connectivity index (χ0v) is 45.9. The summed E-state index contributed by atoms with van der Waals surface area (Å²) in [6.45, 7) is 15.6. The average molecular weight is 1110 g/mol. The second-order valence-electron chi connectivity index (χ2n) is 25.8. The van der Waals surface area contributed by atoms with Crippen LogP contribution in [0.15, 0.2) is 11.6 Å². The summed E-state index contributed by atoms with van der Waals surface area (Å²) < 4.78 is 50.0. The Labute approximate surface area is 450 Å². The summed E-state index contributed by atoms with van der Waals surface area (Å²) in [4.78, 5) is 0. The molecule has 0 aromatic rings. The number of hydrogen-bond acceptors (Lipinski definition) is 23. The monoisotopic (exact) mass is 1110 g/mol. The van der Waals surface area contributed by atoms with E-state index in [9.17, 15) is 76.6 Å². The molecule has 8 fully saturated rings. The lowest BCUT2D eigenvalue weighted by Gasteiger charge is -2.72. The predicted molar refractivity (Wildman–Crippen MR) is 266 cm³/mol. The lowest BCUT2D eigenvalue weighted by atomic mass is 9.34. The van der Waals surface area contributed by atoms with E-state index in [1.165, 1.54) is 6.92 Å². The number of rotatable bonds is 15. The molecule has 0 amide bonds. The van der Waals surface area contributed by atoms with Crippen LogP contribution in [0.25, 0.3) is 0 Å². The molecule has 0 unspecified atom stereocenters. The lowest BCUT2D eigenvalue weighted by molar-refractivity contribution is -0.382. The summed E-state index contributed by atoms with van der Waals surface area (Å²) in [6.07, 6.45) is -28.6. The molecule has 0 aromatic carbocycles. The Hall–Kier alpha value is -1.18. The second-order valence-corrected chi connectivity index (χ2v) is 25.8. The van der Waals surface area contributed by atoms with Crippen LogP contribution in [0.1, 0.15) is 114 Å². The number of aliphatic hydroxyl groups excluding tert-OH is 15. The van der Waals surface area contributed by atoms with Gasteiger partial charge in [0, 0.05) is 0 Å². The highest BCUT2D eigenvalue weighted by atomic mass is 16.8. The van der Waals surface area contributed by atoms with Gasteiger partial charge in [-0.1, -0.05) is 46.3 Å². The van der Waals surface area contributed by atoms with Crippen molar-refractivity contribution in [2.24, 2.45) is 45.3 Å². The molecule has 31 atom stereocenters. The van der Waals surface area contributed by atoms with Crippen molar-refractivity contribution in [3.63, 3.8) is 0 Å². The van der Waals surface area contributed by atoms with Crippen LogP contribution < -0.4 is 0 Å². The van der Waals surface area contributed by atoms with Crippen molar-refractivity contribution in [1.29, 1.82) is 0 Å². The highest BCUT2D eigenvalue weighted by molar-refractivity contribution is 5.22. The van der Waals surface area contributed by atoms with Gasteiger partial charge in [-0.3, -0.25) is 0 Å². The lowest BCUT2D eigenvalue weighted by Crippen LogP contribution is -2.71. The van der Waals surface area contributed by atoms with Gasteiger partial charge in [-0.05, 0) is 124 Å². The standard InChI is InChI=1S/C54H92O23/c1-22(2)11-10-14-54(9,77-48-42(69)39(66)43(29(21-57)74-48)75-47-41(68)37(64)34(61)27(19-55)72-47)24-12-16-52(7)32(24)25(58)17-30-51(6)15-13-31(59)50(4,5)45(51)26(18-53(30,52)8)71-49-44(38(65)35(62)28(20-56)73-49)76-46-40(67)36(63)33(60)23(3)70-46/h11,23-49,55-69H,10,12-21H2,1-9H3/t23-,24-,25+,26-,27+,28+,29+,30+,31-,32-,33-,34+,35+,36+,37-,38-,39+,40+,41+,42+,43+,44+,45-,46-,47+,48-,49+,51+,52+,53+,54-/m0/s1. The summed E-state index contributed by atoms with van der Waals surface area (Å²) in [5, 5.41) is 166. The van der Waals surface area contributed by atoms with E-state index in [-0.39, 0.29) is 5.92 Å². The number of aliphatic hydroxyl groups is 15. The molecule has 0 spiro atoms. The van der Waals surface area contributed by atoms with Crippen molar-refractivity contribution in [3.05, 3.63) is 11.6 Å². The molecule has 23 nitrogen and oxygen atoms in total. The summed E-state index contributed by atoms with van der Waals surface area (Å²) in [5.41, 5.74) is -2.90. The molecule has 23 heteroatoms. The first kappa shape index (κ1) is 61.9. The summed E-state index contributed by atoms with van der Waals surface area (Å²) in [6, 6.07) is 0. The SMILES string of the molecule is CC(C)=CCC[C@](C)(O[C@@H]1O[C@H](CO)[C@@H](O[C@H]2O[C@H](CO)[C@@H](O)[C@H](O)[C@H]2O)[C@H](O)[C@H]1O)[C@H]1CC[C@]2(C)[C@@H]1[C@H](O)C[C@@H]1[C@@]3(C)CC[C@H](O)C(C)(C)[C@@H]3[C@@H](O[C@@H]3O[C@H](CO)[C@@H](O)[C@H](O)[C@H]3O[C@@H]3O[C@@H](C)[C@H](O)[C@@H](O)[C@H]3O)C[C@]12C. The molecule has 0 bridgehead atoms. The Kier molecular flexibility index (Phi) is 18.6.